The molecule has 0 aliphatic rings. The van der Waals surface area contributed by atoms with Gasteiger partial charge in [0.25, 0.3) is 0 Å². The summed E-state index contributed by atoms with van der Waals surface area (Å²) in [6.07, 6.45) is 1.87. The Morgan fingerprint density at radius 3 is 2.63 bits per heavy atom. The van der Waals surface area contributed by atoms with Gasteiger partial charge in [0.05, 0.1) is 0 Å². The zero-order valence-electron chi connectivity index (χ0n) is 12.8. The van der Waals surface area contributed by atoms with Crippen LogP contribution < -0.4 is 5.32 Å². The van der Waals surface area contributed by atoms with Crippen molar-refractivity contribution in [3.63, 3.8) is 0 Å². The van der Waals surface area contributed by atoms with E-state index in [1.165, 1.54) is 0 Å². The molecule has 0 radical (unpaired) electrons. The molecule has 0 fully saturated rings. The quantitative estimate of drug-likeness (QED) is 0.786. The van der Waals surface area contributed by atoms with E-state index in [-0.39, 0.29) is 5.41 Å². The minimum Gasteiger partial charge on any atom is -0.374 e. The predicted molar refractivity (Wildman–Crippen MR) is 74.9 cm³/mol. The van der Waals surface area contributed by atoms with Gasteiger partial charge < -0.3 is 14.6 Å². The first-order valence-electron chi connectivity index (χ1n) is 7.10. The zero-order valence-corrected chi connectivity index (χ0v) is 12.8. The van der Waals surface area contributed by atoms with E-state index in [4.69, 9.17) is 9.26 Å². The topological polar surface area (TPSA) is 60.2 Å². The highest BCUT2D eigenvalue weighted by molar-refractivity contribution is 4.92. The summed E-state index contributed by atoms with van der Waals surface area (Å²) in [6, 6.07) is 0.327. The Bertz CT molecular complexity index is 358. The fourth-order valence-corrected chi connectivity index (χ4v) is 1.80. The van der Waals surface area contributed by atoms with Gasteiger partial charge in [-0.2, -0.15) is 4.98 Å². The number of hydrogen-bond donors (Lipinski definition) is 1. The monoisotopic (exact) mass is 269 g/mol. The molecule has 0 amide bonds. The fourth-order valence-electron chi connectivity index (χ4n) is 1.80. The molecular weight excluding hydrogens is 242 g/mol. The maximum absolute atomic E-state index is 5.29. The van der Waals surface area contributed by atoms with Gasteiger partial charge in [0.2, 0.25) is 5.89 Å². The number of aromatic nitrogens is 2. The molecule has 5 heteroatoms. The lowest BCUT2D eigenvalue weighted by Crippen LogP contribution is -2.42. The van der Waals surface area contributed by atoms with Crippen LogP contribution in [0.4, 0.5) is 0 Å². The molecule has 110 valence electrons. The van der Waals surface area contributed by atoms with Crippen molar-refractivity contribution in [2.75, 3.05) is 13.2 Å². The molecule has 1 aromatic rings. The molecule has 1 N–H and O–H groups in total. The Hall–Kier alpha value is -0.940. The second-order valence-electron chi connectivity index (χ2n) is 5.82. The molecule has 5 nitrogen and oxygen atoms in total. The van der Waals surface area contributed by atoms with Gasteiger partial charge in [-0.1, -0.05) is 32.9 Å². The van der Waals surface area contributed by atoms with E-state index < -0.39 is 0 Å². The molecule has 19 heavy (non-hydrogen) atoms. The minimum atomic E-state index is 0.156. The molecule has 0 saturated heterocycles. The summed E-state index contributed by atoms with van der Waals surface area (Å²) in [6.45, 7) is 12.9. The Labute approximate surface area is 116 Å². The normalized spacial score (nSPS) is 13.7. The third-order valence-corrected chi connectivity index (χ3v) is 3.01. The third-order valence-electron chi connectivity index (χ3n) is 3.01. The van der Waals surface area contributed by atoms with Crippen LogP contribution in [-0.4, -0.2) is 29.3 Å². The van der Waals surface area contributed by atoms with Crippen LogP contribution in [0.5, 0.6) is 0 Å². The van der Waals surface area contributed by atoms with Gasteiger partial charge >= 0.3 is 0 Å². The Balaban J connectivity index is 2.60. The fraction of sp³-hybridized carbons (Fsp3) is 0.857. The summed E-state index contributed by atoms with van der Waals surface area (Å²) in [5.41, 5.74) is 0.156. The molecule has 0 aromatic carbocycles. The van der Waals surface area contributed by atoms with Crippen LogP contribution in [0.25, 0.3) is 0 Å². The van der Waals surface area contributed by atoms with Crippen molar-refractivity contribution in [2.45, 2.75) is 60.1 Å². The van der Waals surface area contributed by atoms with Gasteiger partial charge in [-0.3, -0.25) is 0 Å². The summed E-state index contributed by atoms with van der Waals surface area (Å²) < 4.78 is 10.6. The number of ether oxygens (including phenoxy) is 1. The van der Waals surface area contributed by atoms with E-state index in [0.717, 1.165) is 19.4 Å². The second kappa shape index (κ2) is 7.60. The summed E-state index contributed by atoms with van der Waals surface area (Å²) in [7, 11) is 0. The molecule has 0 spiro atoms. The van der Waals surface area contributed by atoms with Crippen molar-refractivity contribution >= 4 is 0 Å². The van der Waals surface area contributed by atoms with Crippen LogP contribution >= 0.6 is 0 Å². The van der Waals surface area contributed by atoms with Crippen LogP contribution in [0.1, 0.15) is 52.8 Å². The van der Waals surface area contributed by atoms with Crippen molar-refractivity contribution in [3.8, 4) is 0 Å². The van der Waals surface area contributed by atoms with Gasteiger partial charge in [-0.15, -0.1) is 0 Å². The van der Waals surface area contributed by atoms with Crippen molar-refractivity contribution in [2.24, 2.45) is 5.41 Å². The lowest BCUT2D eigenvalue weighted by molar-refractivity contribution is 0.126. The minimum absolute atomic E-state index is 0.156. The van der Waals surface area contributed by atoms with Gasteiger partial charge in [-0.25, -0.2) is 0 Å². The lowest BCUT2D eigenvalue weighted by atomic mass is 9.84. The Morgan fingerprint density at radius 2 is 2.05 bits per heavy atom. The Morgan fingerprint density at radius 1 is 1.32 bits per heavy atom. The predicted octanol–water partition coefficient (Wildman–Crippen LogP) is 2.56. The highest BCUT2D eigenvalue weighted by Gasteiger charge is 2.26. The van der Waals surface area contributed by atoms with Gasteiger partial charge in [0.1, 0.15) is 6.61 Å². The molecule has 0 saturated carbocycles. The summed E-state index contributed by atoms with van der Waals surface area (Å²) >= 11 is 0. The van der Waals surface area contributed by atoms with E-state index in [2.05, 4.69) is 43.2 Å². The molecule has 0 aliphatic carbocycles. The van der Waals surface area contributed by atoms with Gasteiger partial charge in [0, 0.05) is 19.1 Å². The van der Waals surface area contributed by atoms with E-state index in [0.29, 0.717) is 31.0 Å². The summed E-state index contributed by atoms with van der Waals surface area (Å²) in [5.74, 6) is 1.30. The first kappa shape index (κ1) is 16.1. The van der Waals surface area contributed by atoms with Crippen molar-refractivity contribution in [1.29, 1.82) is 0 Å². The maximum atomic E-state index is 5.29. The highest BCUT2D eigenvalue weighted by Crippen LogP contribution is 2.22. The first-order chi connectivity index (χ1) is 8.97. The number of rotatable bonds is 8. The van der Waals surface area contributed by atoms with Crippen LogP contribution in [0.3, 0.4) is 0 Å². The molecular formula is C14H27N3O2. The second-order valence-corrected chi connectivity index (χ2v) is 5.82. The summed E-state index contributed by atoms with van der Waals surface area (Å²) in [4.78, 5) is 4.37. The van der Waals surface area contributed by atoms with Crippen molar-refractivity contribution < 1.29 is 9.26 Å². The number of hydrogen-bond acceptors (Lipinski definition) is 5. The third kappa shape index (κ3) is 5.70. The van der Waals surface area contributed by atoms with E-state index >= 15 is 0 Å². The summed E-state index contributed by atoms with van der Waals surface area (Å²) in [5, 5.41) is 7.48. The first-order valence-corrected chi connectivity index (χ1v) is 7.10. The Kier molecular flexibility index (Phi) is 6.45. The molecule has 1 rings (SSSR count). The van der Waals surface area contributed by atoms with Crippen LogP contribution in [0, 0.1) is 5.41 Å². The molecule has 1 unspecified atom stereocenters. The van der Waals surface area contributed by atoms with E-state index in [1.54, 1.807) is 0 Å². The average Bonchev–Trinajstić information content (AvgIpc) is 2.78. The average molecular weight is 269 g/mol. The van der Waals surface area contributed by atoms with Gasteiger partial charge in [-0.05, 0) is 25.3 Å². The van der Waals surface area contributed by atoms with Crippen LogP contribution in [0.2, 0.25) is 0 Å². The molecule has 0 aliphatic heterocycles. The van der Waals surface area contributed by atoms with Gasteiger partial charge in [0.15, 0.2) is 5.82 Å². The SMILES string of the molecule is CCCNC(Cc1nc(COCC)no1)C(C)(C)C. The molecule has 1 atom stereocenters. The van der Waals surface area contributed by atoms with Crippen molar-refractivity contribution in [3.05, 3.63) is 11.7 Å². The number of nitrogens with one attached hydrogen (secondary N) is 1. The van der Waals surface area contributed by atoms with Crippen LogP contribution in [0.15, 0.2) is 4.52 Å². The number of nitrogens with zero attached hydrogens (tertiary/aromatic N) is 2. The van der Waals surface area contributed by atoms with Crippen molar-refractivity contribution in [1.82, 2.24) is 15.5 Å². The maximum Gasteiger partial charge on any atom is 0.228 e. The zero-order chi connectivity index (χ0) is 14.3. The molecule has 1 aromatic heterocycles. The largest absolute Gasteiger partial charge is 0.374 e. The smallest absolute Gasteiger partial charge is 0.228 e. The van der Waals surface area contributed by atoms with Crippen LogP contribution in [-0.2, 0) is 17.8 Å². The van der Waals surface area contributed by atoms with E-state index in [9.17, 15) is 0 Å². The van der Waals surface area contributed by atoms with E-state index in [1.807, 2.05) is 6.92 Å². The highest BCUT2D eigenvalue weighted by atomic mass is 16.5. The standard InChI is InChI=1S/C14H27N3O2/c1-6-8-15-11(14(3,4)5)9-13-16-12(17-19-13)10-18-7-2/h11,15H,6-10H2,1-5H3. The lowest BCUT2D eigenvalue weighted by Gasteiger charge is -2.30. The molecule has 0 bridgehead atoms. The molecule has 1 heterocycles.